The second kappa shape index (κ2) is 8.27. The Morgan fingerprint density at radius 1 is 1.00 bits per heavy atom. The molecule has 1 aromatic heterocycles. The Bertz CT molecular complexity index is 947. The predicted molar refractivity (Wildman–Crippen MR) is 118 cm³/mol. The molecule has 0 saturated carbocycles. The third kappa shape index (κ3) is 4.13. The van der Waals surface area contributed by atoms with Crippen LogP contribution in [0.1, 0.15) is 32.0 Å². The van der Waals surface area contributed by atoms with Gasteiger partial charge in [0.05, 0.1) is 17.2 Å². The predicted octanol–water partition coefficient (Wildman–Crippen LogP) is 4.37. The van der Waals surface area contributed by atoms with Gasteiger partial charge >= 0.3 is 0 Å². The molecule has 2 aromatic carbocycles. The highest BCUT2D eigenvalue weighted by Gasteiger charge is 2.50. The third-order valence-electron chi connectivity index (χ3n) is 5.19. The third-order valence-corrected chi connectivity index (χ3v) is 10.2. The lowest BCUT2D eigenvalue weighted by molar-refractivity contribution is -0.385. The van der Waals surface area contributed by atoms with Gasteiger partial charge in [-0.1, -0.05) is 81.4 Å². The first-order valence-corrected chi connectivity index (χ1v) is 11.5. The molecule has 0 aliphatic rings. The van der Waals surface area contributed by atoms with Gasteiger partial charge in [0.25, 0.3) is 14.0 Å². The van der Waals surface area contributed by atoms with E-state index in [0.29, 0.717) is 17.9 Å². The van der Waals surface area contributed by atoms with E-state index in [1.807, 2.05) is 36.4 Å². The highest BCUT2D eigenvalue weighted by Crippen LogP contribution is 2.37. The van der Waals surface area contributed by atoms with E-state index in [4.69, 9.17) is 4.43 Å². The molecule has 0 amide bonds. The maximum atomic E-state index is 11.1. The molecule has 0 bridgehead atoms. The second-order valence-electron chi connectivity index (χ2n) is 8.17. The van der Waals surface area contributed by atoms with Crippen molar-refractivity contribution in [2.45, 2.75) is 39.3 Å². The lowest BCUT2D eigenvalue weighted by Crippen LogP contribution is -2.66. The fraction of sp³-hybridized carbons (Fsp3) is 0.261. The Kier molecular flexibility index (Phi) is 5.95. The van der Waals surface area contributed by atoms with Gasteiger partial charge in [-0.25, -0.2) is 0 Å². The summed E-state index contributed by atoms with van der Waals surface area (Å²) in [5.74, 6) is 0. The van der Waals surface area contributed by atoms with Gasteiger partial charge in [-0.05, 0) is 28.4 Å². The molecule has 5 nitrogen and oxygen atoms in total. The van der Waals surface area contributed by atoms with Gasteiger partial charge in [0.1, 0.15) is 6.20 Å². The van der Waals surface area contributed by atoms with Crippen LogP contribution in [0.25, 0.3) is 0 Å². The van der Waals surface area contributed by atoms with Gasteiger partial charge in [-0.15, -0.1) is 0 Å². The summed E-state index contributed by atoms with van der Waals surface area (Å²) in [5.41, 5.74) is 1.31. The number of aryl methyl sites for hydroxylation is 1. The van der Waals surface area contributed by atoms with Crippen molar-refractivity contribution >= 4 is 24.4 Å². The SMILES string of the molecule is Cc1cc(CO[Si](c2ccccc2)(c2ccccc2)C(C)(C)C)ncc1[N+](=O)[O-]. The zero-order valence-corrected chi connectivity index (χ0v) is 18.3. The van der Waals surface area contributed by atoms with Crippen molar-refractivity contribution in [3.05, 3.63) is 94.3 Å². The topological polar surface area (TPSA) is 65.3 Å². The molecular formula is C23H26N2O3Si. The van der Waals surface area contributed by atoms with Crippen LogP contribution in [0.3, 0.4) is 0 Å². The molecule has 0 radical (unpaired) electrons. The average Bonchev–Trinajstić information content (AvgIpc) is 2.69. The molecule has 0 aliphatic carbocycles. The molecule has 6 heteroatoms. The molecule has 1 heterocycles. The lowest BCUT2D eigenvalue weighted by Gasteiger charge is -2.43. The van der Waals surface area contributed by atoms with Crippen LogP contribution in [0.15, 0.2) is 72.9 Å². The van der Waals surface area contributed by atoms with Crippen molar-refractivity contribution in [3.63, 3.8) is 0 Å². The normalized spacial score (nSPS) is 12.0. The van der Waals surface area contributed by atoms with E-state index in [-0.39, 0.29) is 10.7 Å². The first-order chi connectivity index (χ1) is 13.8. The number of nitro groups is 1. The van der Waals surface area contributed by atoms with Crippen molar-refractivity contribution in [1.29, 1.82) is 0 Å². The number of benzene rings is 2. The Balaban J connectivity index is 2.07. The Hall–Kier alpha value is -2.83. The average molecular weight is 407 g/mol. The summed E-state index contributed by atoms with van der Waals surface area (Å²) < 4.78 is 6.81. The van der Waals surface area contributed by atoms with Gasteiger partial charge in [-0.3, -0.25) is 15.1 Å². The van der Waals surface area contributed by atoms with Crippen LogP contribution in [0.2, 0.25) is 5.04 Å². The quantitative estimate of drug-likeness (QED) is 0.346. The maximum Gasteiger partial charge on any atom is 0.290 e. The number of hydrogen-bond donors (Lipinski definition) is 0. The van der Waals surface area contributed by atoms with Gasteiger partial charge < -0.3 is 4.43 Å². The largest absolute Gasteiger partial charge is 0.402 e. The van der Waals surface area contributed by atoms with Gasteiger partial charge in [-0.2, -0.15) is 0 Å². The van der Waals surface area contributed by atoms with Crippen molar-refractivity contribution in [1.82, 2.24) is 4.98 Å². The smallest absolute Gasteiger partial charge is 0.290 e. The van der Waals surface area contributed by atoms with Crippen LogP contribution >= 0.6 is 0 Å². The van der Waals surface area contributed by atoms with E-state index in [2.05, 4.69) is 50.0 Å². The highest BCUT2D eigenvalue weighted by atomic mass is 28.4. The summed E-state index contributed by atoms with van der Waals surface area (Å²) in [6, 6.07) is 22.5. The zero-order chi connectivity index (χ0) is 21.1. The molecule has 0 spiro atoms. The zero-order valence-electron chi connectivity index (χ0n) is 17.3. The molecule has 0 saturated heterocycles. The van der Waals surface area contributed by atoms with Crippen molar-refractivity contribution in [3.8, 4) is 0 Å². The van der Waals surface area contributed by atoms with E-state index in [9.17, 15) is 10.1 Å². The van der Waals surface area contributed by atoms with E-state index < -0.39 is 13.2 Å². The fourth-order valence-corrected chi connectivity index (χ4v) is 8.34. The molecule has 0 N–H and O–H groups in total. The van der Waals surface area contributed by atoms with Crippen LogP contribution in [0, 0.1) is 17.0 Å². The fourth-order valence-electron chi connectivity index (χ4n) is 3.82. The Labute approximate surface area is 172 Å². The van der Waals surface area contributed by atoms with E-state index in [1.54, 1.807) is 13.0 Å². The molecule has 29 heavy (non-hydrogen) atoms. The van der Waals surface area contributed by atoms with Crippen LogP contribution in [-0.4, -0.2) is 18.2 Å². The Morgan fingerprint density at radius 3 is 1.93 bits per heavy atom. The van der Waals surface area contributed by atoms with Crippen LogP contribution in [-0.2, 0) is 11.0 Å². The summed E-state index contributed by atoms with van der Waals surface area (Å²) in [7, 11) is -2.66. The maximum absolute atomic E-state index is 11.1. The number of pyridine rings is 1. The number of nitrogens with zero attached hydrogens (tertiary/aromatic N) is 2. The molecule has 0 fully saturated rings. The van der Waals surface area contributed by atoms with Crippen LogP contribution in [0.4, 0.5) is 5.69 Å². The van der Waals surface area contributed by atoms with Crippen molar-refractivity contribution < 1.29 is 9.35 Å². The first-order valence-electron chi connectivity index (χ1n) is 9.60. The minimum atomic E-state index is -2.66. The molecule has 0 unspecified atom stereocenters. The first kappa shape index (κ1) is 20.9. The minimum Gasteiger partial charge on any atom is -0.402 e. The molecule has 150 valence electrons. The molecule has 0 atom stereocenters. The van der Waals surface area contributed by atoms with Crippen molar-refractivity contribution in [2.24, 2.45) is 0 Å². The monoisotopic (exact) mass is 406 g/mol. The number of rotatable bonds is 6. The van der Waals surface area contributed by atoms with E-state index in [1.165, 1.54) is 16.6 Å². The standard InChI is InChI=1S/C23H26N2O3Si/c1-18-15-19(24-16-22(18)25(26)27)17-28-29(23(2,3)4,20-11-7-5-8-12-20)21-13-9-6-10-14-21/h5-16H,17H2,1-4H3. The summed E-state index contributed by atoms with van der Waals surface area (Å²) in [4.78, 5) is 15.0. The van der Waals surface area contributed by atoms with Gasteiger partial charge in [0.2, 0.25) is 0 Å². The summed E-state index contributed by atoms with van der Waals surface area (Å²) in [6.07, 6.45) is 1.32. The number of hydrogen-bond acceptors (Lipinski definition) is 4. The van der Waals surface area contributed by atoms with E-state index in [0.717, 1.165) is 0 Å². The second-order valence-corrected chi connectivity index (χ2v) is 12.5. The van der Waals surface area contributed by atoms with E-state index >= 15 is 0 Å². The summed E-state index contributed by atoms with van der Waals surface area (Å²) in [6.45, 7) is 8.67. The number of aromatic nitrogens is 1. The van der Waals surface area contributed by atoms with Gasteiger partial charge in [0.15, 0.2) is 0 Å². The van der Waals surface area contributed by atoms with Gasteiger partial charge in [0, 0.05) is 5.56 Å². The van der Waals surface area contributed by atoms with Crippen molar-refractivity contribution in [2.75, 3.05) is 0 Å². The highest BCUT2D eigenvalue weighted by molar-refractivity contribution is 6.99. The Morgan fingerprint density at radius 2 is 1.52 bits per heavy atom. The molecule has 3 aromatic rings. The minimum absolute atomic E-state index is 0.0270. The van der Waals surface area contributed by atoms with Crippen LogP contribution < -0.4 is 10.4 Å². The molecule has 0 aliphatic heterocycles. The van der Waals surface area contributed by atoms with Crippen LogP contribution in [0.5, 0.6) is 0 Å². The summed E-state index contributed by atoms with van der Waals surface area (Å²) >= 11 is 0. The molecular weight excluding hydrogens is 380 g/mol. The molecule has 3 rings (SSSR count). The lowest BCUT2D eigenvalue weighted by atomic mass is 10.2. The summed E-state index contributed by atoms with van der Waals surface area (Å²) in [5, 5.41) is 13.3.